The predicted molar refractivity (Wildman–Crippen MR) is 119 cm³/mol. The van der Waals surface area contributed by atoms with E-state index in [0.717, 1.165) is 0 Å². The summed E-state index contributed by atoms with van der Waals surface area (Å²) in [6.07, 6.45) is -3.71. The van der Waals surface area contributed by atoms with E-state index in [1.54, 1.807) is 48.5 Å². The van der Waals surface area contributed by atoms with Crippen LogP contribution in [-0.4, -0.2) is 68.1 Å². The van der Waals surface area contributed by atoms with Crippen molar-refractivity contribution in [1.82, 2.24) is 0 Å². The number of amides is 2. The molecule has 0 aliphatic rings. The molecule has 2 unspecified atom stereocenters. The lowest BCUT2D eigenvalue weighted by Gasteiger charge is -2.13. The van der Waals surface area contributed by atoms with E-state index in [1.165, 1.54) is 7.11 Å². The maximum absolute atomic E-state index is 10.3. The number of aliphatic hydroxyl groups is 2. The topological polar surface area (TPSA) is 173 Å². The van der Waals surface area contributed by atoms with Gasteiger partial charge in [0.25, 0.3) is 0 Å². The van der Waals surface area contributed by atoms with Gasteiger partial charge in [0.2, 0.25) is 0 Å². The lowest BCUT2D eigenvalue weighted by molar-refractivity contribution is 0.0413. The second kappa shape index (κ2) is 15.4. The summed E-state index contributed by atoms with van der Waals surface area (Å²) >= 11 is 5.68. The fourth-order valence-electron chi connectivity index (χ4n) is 2.10. The molecule has 0 saturated heterocycles. The molecular weight excluding hydrogens is 460 g/mol. The first-order valence-electron chi connectivity index (χ1n) is 9.56. The van der Waals surface area contributed by atoms with Crippen molar-refractivity contribution in [3.05, 3.63) is 53.6 Å². The Hall–Kier alpha value is -3.41. The number of methoxy groups -OCH3 is 1. The van der Waals surface area contributed by atoms with Gasteiger partial charge < -0.3 is 45.4 Å². The third-order valence-corrected chi connectivity index (χ3v) is 3.84. The summed E-state index contributed by atoms with van der Waals surface area (Å²) in [4.78, 5) is 20.6. The zero-order valence-electron chi connectivity index (χ0n) is 17.9. The summed E-state index contributed by atoms with van der Waals surface area (Å²) in [5.41, 5.74) is 9.50. The van der Waals surface area contributed by atoms with Gasteiger partial charge in [-0.25, -0.2) is 9.59 Å². The van der Waals surface area contributed by atoms with Crippen LogP contribution >= 0.6 is 11.6 Å². The summed E-state index contributed by atoms with van der Waals surface area (Å²) < 4.78 is 24.4. The standard InChI is InChI=1S/C11H15NO5.C10H12ClNO4/c1-15-9-4-2-3-5-10(9)16-6-8(13)7-17-11(12)14;11-7-1-3-9(4-2-7)15-5-8(13)6-16-10(12)14/h2-5,8,13H,6-7H2,1H3,(H2,12,14);1-4,8,13H,5-6H2,(H2,12,14). The van der Waals surface area contributed by atoms with Crippen molar-refractivity contribution >= 4 is 23.8 Å². The molecule has 0 bridgehead atoms. The minimum atomic E-state index is -0.938. The minimum Gasteiger partial charge on any atom is -0.493 e. The average molecular weight is 487 g/mol. The molecule has 0 aliphatic carbocycles. The highest BCUT2D eigenvalue weighted by Crippen LogP contribution is 2.25. The molecule has 11 nitrogen and oxygen atoms in total. The Balaban J connectivity index is 0.000000331. The largest absolute Gasteiger partial charge is 0.493 e. The van der Waals surface area contributed by atoms with Crippen LogP contribution in [0.2, 0.25) is 5.02 Å². The van der Waals surface area contributed by atoms with Gasteiger partial charge in [-0.1, -0.05) is 23.7 Å². The number of rotatable bonds is 11. The van der Waals surface area contributed by atoms with Crippen molar-refractivity contribution in [2.75, 3.05) is 33.5 Å². The first kappa shape index (κ1) is 27.6. The number of ether oxygens (including phenoxy) is 5. The third-order valence-electron chi connectivity index (χ3n) is 3.59. The van der Waals surface area contributed by atoms with E-state index in [2.05, 4.69) is 9.47 Å². The van der Waals surface area contributed by atoms with Gasteiger partial charge in [-0.3, -0.25) is 0 Å². The Kier molecular flexibility index (Phi) is 12.9. The molecule has 0 radical (unpaired) electrons. The van der Waals surface area contributed by atoms with Crippen LogP contribution in [0, 0.1) is 0 Å². The summed E-state index contributed by atoms with van der Waals surface area (Å²) in [5.74, 6) is 1.64. The molecule has 0 fully saturated rings. The van der Waals surface area contributed by atoms with Crippen LogP contribution in [0.1, 0.15) is 0 Å². The van der Waals surface area contributed by atoms with Crippen molar-refractivity contribution in [3.8, 4) is 17.2 Å². The van der Waals surface area contributed by atoms with E-state index in [4.69, 9.17) is 37.3 Å². The van der Waals surface area contributed by atoms with Gasteiger partial charge in [-0.05, 0) is 36.4 Å². The molecule has 0 aromatic heterocycles. The van der Waals surface area contributed by atoms with Crippen molar-refractivity contribution in [2.45, 2.75) is 12.2 Å². The van der Waals surface area contributed by atoms with Crippen molar-refractivity contribution in [2.24, 2.45) is 11.5 Å². The van der Waals surface area contributed by atoms with Gasteiger partial charge >= 0.3 is 12.2 Å². The highest BCUT2D eigenvalue weighted by Gasteiger charge is 2.10. The maximum atomic E-state index is 10.3. The van der Waals surface area contributed by atoms with Gasteiger partial charge in [-0.15, -0.1) is 0 Å². The Labute approximate surface area is 195 Å². The van der Waals surface area contributed by atoms with E-state index >= 15 is 0 Å². The van der Waals surface area contributed by atoms with Gasteiger partial charge in [0.1, 0.15) is 44.4 Å². The molecule has 0 spiro atoms. The number of hydrogen-bond acceptors (Lipinski definition) is 9. The fourth-order valence-corrected chi connectivity index (χ4v) is 2.23. The maximum Gasteiger partial charge on any atom is 0.404 e. The van der Waals surface area contributed by atoms with Gasteiger partial charge in [0.15, 0.2) is 11.5 Å². The molecule has 2 amide bonds. The number of nitrogens with two attached hydrogens (primary N) is 2. The van der Waals surface area contributed by atoms with E-state index in [9.17, 15) is 19.8 Å². The zero-order valence-corrected chi connectivity index (χ0v) is 18.6. The molecule has 6 N–H and O–H groups in total. The Morgan fingerprint density at radius 1 is 0.818 bits per heavy atom. The Morgan fingerprint density at radius 2 is 1.30 bits per heavy atom. The molecule has 33 heavy (non-hydrogen) atoms. The molecule has 182 valence electrons. The number of halogens is 1. The SMILES string of the molecule is COc1ccccc1OCC(O)COC(N)=O.NC(=O)OCC(O)COc1ccc(Cl)cc1. The number of hydrogen-bond donors (Lipinski definition) is 4. The first-order chi connectivity index (χ1) is 15.7. The van der Waals surface area contributed by atoms with E-state index in [0.29, 0.717) is 22.3 Å². The number of para-hydroxylation sites is 2. The Morgan fingerprint density at radius 3 is 1.79 bits per heavy atom. The van der Waals surface area contributed by atoms with Crippen LogP contribution in [0.3, 0.4) is 0 Å². The molecule has 2 aromatic carbocycles. The van der Waals surface area contributed by atoms with Crippen molar-refractivity contribution in [1.29, 1.82) is 0 Å². The molecule has 0 heterocycles. The molecule has 0 aliphatic heterocycles. The first-order valence-corrected chi connectivity index (χ1v) is 9.93. The molecule has 0 saturated carbocycles. The van der Waals surface area contributed by atoms with E-state index < -0.39 is 24.4 Å². The van der Waals surface area contributed by atoms with E-state index in [-0.39, 0.29) is 26.4 Å². The highest BCUT2D eigenvalue weighted by molar-refractivity contribution is 6.30. The number of carbonyl (C=O) groups is 2. The van der Waals surface area contributed by atoms with Gasteiger partial charge in [0, 0.05) is 5.02 Å². The molecule has 2 atom stereocenters. The third kappa shape index (κ3) is 12.9. The number of carbonyl (C=O) groups excluding carboxylic acids is 2. The van der Waals surface area contributed by atoms with Gasteiger partial charge in [-0.2, -0.15) is 0 Å². The summed E-state index contributed by atoms with van der Waals surface area (Å²) in [6.45, 7) is -0.407. The number of benzene rings is 2. The van der Waals surface area contributed by atoms with Crippen molar-refractivity contribution in [3.63, 3.8) is 0 Å². The van der Waals surface area contributed by atoms with Crippen molar-refractivity contribution < 1.29 is 43.5 Å². The van der Waals surface area contributed by atoms with Crippen LogP contribution in [0.5, 0.6) is 17.2 Å². The van der Waals surface area contributed by atoms with Crippen LogP contribution < -0.4 is 25.7 Å². The zero-order chi connectivity index (χ0) is 24.6. The molecule has 12 heteroatoms. The van der Waals surface area contributed by atoms with Gasteiger partial charge in [0.05, 0.1) is 7.11 Å². The van der Waals surface area contributed by atoms with Crippen LogP contribution in [0.25, 0.3) is 0 Å². The summed E-state index contributed by atoms with van der Waals surface area (Å²) in [7, 11) is 1.52. The summed E-state index contributed by atoms with van der Waals surface area (Å²) in [5, 5.41) is 19.4. The fraction of sp³-hybridized carbons (Fsp3) is 0.333. The van der Waals surface area contributed by atoms with E-state index in [1.807, 2.05) is 0 Å². The predicted octanol–water partition coefficient (Wildman–Crippen LogP) is 1.71. The number of primary amides is 2. The quantitative estimate of drug-likeness (QED) is 0.368. The smallest absolute Gasteiger partial charge is 0.404 e. The Bertz CT molecular complexity index is 852. The minimum absolute atomic E-state index is 0.00884. The van der Waals surface area contributed by atoms with Crippen LogP contribution in [0.4, 0.5) is 9.59 Å². The molecule has 2 aromatic rings. The lowest BCUT2D eigenvalue weighted by Crippen LogP contribution is -2.27. The van der Waals surface area contributed by atoms with Crippen LogP contribution in [-0.2, 0) is 9.47 Å². The monoisotopic (exact) mass is 486 g/mol. The number of aliphatic hydroxyl groups excluding tert-OH is 2. The molecule has 2 rings (SSSR count). The average Bonchev–Trinajstić information content (AvgIpc) is 2.80. The highest BCUT2D eigenvalue weighted by atomic mass is 35.5. The summed E-state index contributed by atoms with van der Waals surface area (Å²) in [6, 6.07) is 13.7. The second-order valence-corrected chi connectivity index (χ2v) is 6.73. The molecular formula is C21H27ClN2O9. The van der Waals surface area contributed by atoms with Crippen LogP contribution in [0.15, 0.2) is 48.5 Å². The lowest BCUT2D eigenvalue weighted by atomic mass is 10.3. The second-order valence-electron chi connectivity index (χ2n) is 6.29. The normalized spacial score (nSPS) is 11.8.